The first-order valence-corrected chi connectivity index (χ1v) is 12.1. The van der Waals surface area contributed by atoms with Crippen LogP contribution in [0.4, 0.5) is 5.69 Å². The molecule has 5 rings (SSSR count). The Morgan fingerprint density at radius 1 is 0.941 bits per heavy atom. The lowest BCUT2D eigenvalue weighted by Gasteiger charge is -2.18. The molecule has 1 atom stereocenters. The van der Waals surface area contributed by atoms with Gasteiger partial charge in [-0.05, 0) is 74.2 Å². The molecule has 0 aliphatic carbocycles. The van der Waals surface area contributed by atoms with Gasteiger partial charge in [0.1, 0.15) is 11.6 Å². The number of rotatable bonds is 8. The number of benzene rings is 3. The third-order valence-electron chi connectivity index (χ3n) is 6.52. The van der Waals surface area contributed by atoms with E-state index in [1.165, 1.54) is 5.56 Å². The first kappa shape index (κ1) is 22.2. The van der Waals surface area contributed by atoms with E-state index >= 15 is 0 Å². The van der Waals surface area contributed by atoms with Crippen LogP contribution < -0.4 is 9.64 Å². The summed E-state index contributed by atoms with van der Waals surface area (Å²) >= 11 is 0. The summed E-state index contributed by atoms with van der Waals surface area (Å²) in [5.74, 6) is 2.20. The molecule has 5 nitrogen and oxygen atoms in total. The molecule has 1 aliphatic rings. The molecular formula is C29H31N3O2. The lowest BCUT2D eigenvalue weighted by atomic mass is 10.1. The van der Waals surface area contributed by atoms with Crippen LogP contribution in [0.2, 0.25) is 0 Å². The fraction of sp³-hybridized carbons (Fsp3) is 0.310. The fourth-order valence-electron chi connectivity index (χ4n) is 4.83. The van der Waals surface area contributed by atoms with E-state index in [1.54, 1.807) is 0 Å². The average molecular weight is 454 g/mol. The van der Waals surface area contributed by atoms with Gasteiger partial charge >= 0.3 is 0 Å². The van der Waals surface area contributed by atoms with Gasteiger partial charge in [0, 0.05) is 31.1 Å². The quantitative estimate of drug-likeness (QED) is 0.306. The van der Waals surface area contributed by atoms with Gasteiger partial charge in [-0.15, -0.1) is 0 Å². The maximum atomic E-state index is 12.9. The van der Waals surface area contributed by atoms with Crippen LogP contribution in [0.3, 0.4) is 0 Å². The molecule has 1 aliphatic heterocycles. The van der Waals surface area contributed by atoms with Crippen LogP contribution in [-0.2, 0) is 11.3 Å². The predicted octanol–water partition coefficient (Wildman–Crippen LogP) is 6.03. The zero-order valence-electron chi connectivity index (χ0n) is 19.9. The third-order valence-corrected chi connectivity index (χ3v) is 6.52. The van der Waals surface area contributed by atoms with Crippen molar-refractivity contribution >= 4 is 22.6 Å². The monoisotopic (exact) mass is 453 g/mol. The highest BCUT2D eigenvalue weighted by molar-refractivity contribution is 5.96. The standard InChI is InChI=1S/C29H31N3O2/c1-21-9-7-11-24(17-21)32-20-23(19-28(32)33)29-30-26-13-3-4-14-27(26)31(29)15-5-6-16-34-25-12-8-10-22(2)18-25/h3-4,7-14,17-18,23H,5-6,15-16,19-20H2,1-2H3/t23-/m0/s1. The van der Waals surface area contributed by atoms with Crippen molar-refractivity contribution in [3.63, 3.8) is 0 Å². The molecule has 3 aromatic carbocycles. The number of ether oxygens (including phenoxy) is 1. The number of anilines is 1. The molecule has 0 spiro atoms. The van der Waals surface area contributed by atoms with Gasteiger partial charge < -0.3 is 14.2 Å². The van der Waals surface area contributed by atoms with Gasteiger partial charge in [-0.1, -0.05) is 36.4 Å². The first-order valence-electron chi connectivity index (χ1n) is 12.1. The Hall–Kier alpha value is -3.60. The molecule has 1 amide bonds. The molecule has 1 saturated heterocycles. The Morgan fingerprint density at radius 2 is 1.74 bits per heavy atom. The van der Waals surface area contributed by atoms with Crippen LogP contribution in [0.15, 0.2) is 72.8 Å². The van der Waals surface area contributed by atoms with Gasteiger partial charge in [0.25, 0.3) is 0 Å². The molecule has 5 heteroatoms. The summed E-state index contributed by atoms with van der Waals surface area (Å²) in [6.07, 6.45) is 2.44. The summed E-state index contributed by atoms with van der Waals surface area (Å²) in [4.78, 5) is 19.8. The Bertz CT molecular complexity index is 1310. The number of carbonyl (C=O) groups excluding carboxylic acids is 1. The smallest absolute Gasteiger partial charge is 0.227 e. The second-order valence-corrected chi connectivity index (χ2v) is 9.23. The van der Waals surface area contributed by atoms with Crippen molar-refractivity contribution in [3.8, 4) is 5.75 Å². The van der Waals surface area contributed by atoms with E-state index in [2.05, 4.69) is 60.9 Å². The van der Waals surface area contributed by atoms with Crippen LogP contribution >= 0.6 is 0 Å². The molecule has 4 aromatic rings. The molecule has 1 aromatic heterocycles. The van der Waals surface area contributed by atoms with Gasteiger partial charge in [0.15, 0.2) is 0 Å². The van der Waals surface area contributed by atoms with Gasteiger partial charge in [-0.3, -0.25) is 4.79 Å². The maximum absolute atomic E-state index is 12.9. The normalized spacial score (nSPS) is 15.9. The number of aromatic nitrogens is 2. The zero-order valence-corrected chi connectivity index (χ0v) is 19.9. The SMILES string of the molecule is Cc1cccc(OCCCCn2c([C@H]3CC(=O)N(c4cccc(C)c4)C3)nc3ccccc32)c1. The molecule has 174 valence electrons. The minimum absolute atomic E-state index is 0.0870. The summed E-state index contributed by atoms with van der Waals surface area (Å²) in [6, 6.07) is 24.6. The number of para-hydroxylation sites is 2. The largest absolute Gasteiger partial charge is 0.494 e. The Morgan fingerprint density at radius 3 is 2.56 bits per heavy atom. The summed E-state index contributed by atoms with van der Waals surface area (Å²) in [5, 5.41) is 0. The van der Waals surface area contributed by atoms with E-state index in [9.17, 15) is 4.79 Å². The van der Waals surface area contributed by atoms with Crippen molar-refractivity contribution in [1.82, 2.24) is 9.55 Å². The van der Waals surface area contributed by atoms with Crippen molar-refractivity contribution in [2.24, 2.45) is 0 Å². The van der Waals surface area contributed by atoms with Gasteiger partial charge in [-0.25, -0.2) is 4.98 Å². The number of fused-ring (bicyclic) bond motifs is 1. The summed E-state index contributed by atoms with van der Waals surface area (Å²) < 4.78 is 8.25. The highest BCUT2D eigenvalue weighted by Crippen LogP contribution is 2.33. The number of hydrogen-bond acceptors (Lipinski definition) is 3. The molecule has 0 bridgehead atoms. The minimum atomic E-state index is 0.0870. The number of carbonyl (C=O) groups is 1. The highest BCUT2D eigenvalue weighted by Gasteiger charge is 2.34. The summed E-state index contributed by atoms with van der Waals surface area (Å²) in [5.41, 5.74) is 5.48. The van der Waals surface area contributed by atoms with E-state index in [-0.39, 0.29) is 11.8 Å². The Labute approximate surface area is 201 Å². The van der Waals surface area contributed by atoms with Crippen molar-refractivity contribution in [2.75, 3.05) is 18.1 Å². The third kappa shape index (κ3) is 4.69. The van der Waals surface area contributed by atoms with E-state index in [0.29, 0.717) is 19.6 Å². The Kier molecular flexibility index (Phi) is 6.35. The number of hydrogen-bond donors (Lipinski definition) is 0. The second-order valence-electron chi connectivity index (χ2n) is 9.23. The van der Waals surface area contributed by atoms with Crippen molar-refractivity contribution < 1.29 is 9.53 Å². The maximum Gasteiger partial charge on any atom is 0.227 e. The molecular weight excluding hydrogens is 422 g/mol. The Balaban J connectivity index is 1.30. The van der Waals surface area contributed by atoms with Gasteiger partial charge in [0.05, 0.1) is 17.6 Å². The number of amides is 1. The molecule has 0 N–H and O–H groups in total. The fourth-order valence-corrected chi connectivity index (χ4v) is 4.83. The first-order chi connectivity index (χ1) is 16.6. The van der Waals surface area contributed by atoms with Crippen molar-refractivity contribution in [2.45, 2.75) is 45.6 Å². The molecule has 1 fully saturated rings. The predicted molar refractivity (Wildman–Crippen MR) is 137 cm³/mol. The molecule has 0 saturated carbocycles. The lowest BCUT2D eigenvalue weighted by molar-refractivity contribution is -0.117. The van der Waals surface area contributed by atoms with Crippen LogP contribution in [0.1, 0.15) is 42.1 Å². The molecule has 34 heavy (non-hydrogen) atoms. The molecule has 2 heterocycles. The number of aryl methyl sites for hydroxylation is 3. The lowest BCUT2D eigenvalue weighted by Crippen LogP contribution is -2.24. The summed E-state index contributed by atoms with van der Waals surface area (Å²) in [6.45, 7) is 6.36. The molecule has 0 unspecified atom stereocenters. The van der Waals surface area contributed by atoms with Crippen LogP contribution in [0, 0.1) is 13.8 Å². The van der Waals surface area contributed by atoms with Crippen molar-refractivity contribution in [1.29, 1.82) is 0 Å². The molecule has 0 radical (unpaired) electrons. The number of nitrogens with zero attached hydrogens (tertiary/aromatic N) is 3. The average Bonchev–Trinajstić information content (AvgIpc) is 3.39. The van der Waals surface area contributed by atoms with Crippen LogP contribution in [-0.4, -0.2) is 28.6 Å². The van der Waals surface area contributed by atoms with E-state index in [1.807, 2.05) is 35.2 Å². The minimum Gasteiger partial charge on any atom is -0.494 e. The topological polar surface area (TPSA) is 47.4 Å². The van der Waals surface area contributed by atoms with E-state index in [0.717, 1.165) is 53.2 Å². The number of imidazole rings is 1. The number of unbranched alkanes of at least 4 members (excludes halogenated alkanes) is 1. The highest BCUT2D eigenvalue weighted by atomic mass is 16.5. The van der Waals surface area contributed by atoms with Crippen LogP contribution in [0.5, 0.6) is 5.75 Å². The second kappa shape index (κ2) is 9.72. The van der Waals surface area contributed by atoms with E-state index in [4.69, 9.17) is 9.72 Å². The van der Waals surface area contributed by atoms with Gasteiger partial charge in [0.2, 0.25) is 5.91 Å². The van der Waals surface area contributed by atoms with Gasteiger partial charge in [-0.2, -0.15) is 0 Å². The van der Waals surface area contributed by atoms with E-state index < -0.39 is 0 Å². The van der Waals surface area contributed by atoms with Crippen molar-refractivity contribution in [3.05, 3.63) is 89.7 Å². The summed E-state index contributed by atoms with van der Waals surface area (Å²) in [7, 11) is 0. The van der Waals surface area contributed by atoms with Crippen LogP contribution in [0.25, 0.3) is 11.0 Å². The zero-order chi connectivity index (χ0) is 23.5.